The predicted molar refractivity (Wildman–Crippen MR) is 70.0 cm³/mol. The molecule has 0 atom stereocenters. The number of esters is 1. The average Bonchev–Trinajstić information content (AvgIpc) is 2.36. The second-order valence-corrected chi connectivity index (χ2v) is 4.96. The van der Waals surface area contributed by atoms with Crippen LogP contribution in [0.25, 0.3) is 6.08 Å². The summed E-state index contributed by atoms with van der Waals surface area (Å²) < 4.78 is 5.44. The summed E-state index contributed by atoms with van der Waals surface area (Å²) in [5, 5.41) is 10.9. The van der Waals surface area contributed by atoms with Crippen LogP contribution in [0.3, 0.4) is 0 Å². The minimum absolute atomic E-state index is 0.0298. The van der Waals surface area contributed by atoms with E-state index in [1.807, 2.05) is 5.82 Å². The van der Waals surface area contributed by atoms with Crippen LogP contribution in [0.2, 0.25) is 5.82 Å². The van der Waals surface area contributed by atoms with Gasteiger partial charge < -0.3 is 0 Å². The number of ether oxygens (including phenoxy) is 1. The molecule has 0 aliphatic heterocycles. The summed E-state index contributed by atoms with van der Waals surface area (Å²) in [6.45, 7) is 2.03. The van der Waals surface area contributed by atoms with Gasteiger partial charge in [0.15, 0.2) is 0 Å². The number of nitrogens with zero attached hydrogens (tertiary/aromatic N) is 1. The van der Waals surface area contributed by atoms with Gasteiger partial charge in [-0.2, -0.15) is 0 Å². The van der Waals surface area contributed by atoms with E-state index in [1.54, 1.807) is 25.1 Å². The van der Waals surface area contributed by atoms with Crippen molar-refractivity contribution >= 4 is 37.2 Å². The van der Waals surface area contributed by atoms with E-state index >= 15 is 0 Å². The molecule has 6 heteroatoms. The molecule has 0 aliphatic rings. The Hall–Kier alpha value is -1.65. The molecule has 1 rings (SSSR count). The van der Waals surface area contributed by atoms with Crippen LogP contribution in [0.1, 0.15) is 12.5 Å². The van der Waals surface area contributed by atoms with Gasteiger partial charge in [0.25, 0.3) is 0 Å². The Balaban J connectivity index is 3.06. The van der Waals surface area contributed by atoms with E-state index in [0.717, 1.165) is 0 Å². The van der Waals surface area contributed by atoms with Crippen LogP contribution in [-0.2, 0) is 9.53 Å². The van der Waals surface area contributed by atoms with Gasteiger partial charge in [0.2, 0.25) is 0 Å². The van der Waals surface area contributed by atoms with E-state index in [2.05, 4.69) is 0 Å². The predicted octanol–water partition coefficient (Wildman–Crippen LogP) is 1.55. The molecule has 96 valence electrons. The normalized spacial score (nSPS) is 10.6. The first-order valence-corrected chi connectivity index (χ1v) is 7.83. The molecule has 0 aromatic heterocycles. The maximum atomic E-state index is 11.2. The molecule has 1 aromatic rings. The topological polar surface area (TPSA) is 69.4 Å². The van der Waals surface area contributed by atoms with Crippen LogP contribution >= 0.6 is 0 Å². The number of nitro groups is 1. The third-order valence-electron chi connectivity index (χ3n) is 2.11. The summed E-state index contributed by atoms with van der Waals surface area (Å²) in [5.74, 6) is 1.45. The van der Waals surface area contributed by atoms with Gasteiger partial charge in [-0.05, 0) is 0 Å². The van der Waals surface area contributed by atoms with Crippen molar-refractivity contribution in [2.75, 3.05) is 6.61 Å². The van der Waals surface area contributed by atoms with Gasteiger partial charge in [-0.25, -0.2) is 0 Å². The zero-order valence-electron chi connectivity index (χ0n) is 10.1. The number of carbonyl (C=O) groups excluding carboxylic acids is 1. The first kappa shape index (κ1) is 14.4. The van der Waals surface area contributed by atoms with Crippen molar-refractivity contribution in [3.8, 4) is 0 Å². The summed E-state index contributed by atoms with van der Waals surface area (Å²) in [4.78, 5) is 21.7. The van der Waals surface area contributed by atoms with Gasteiger partial charge in [0.1, 0.15) is 0 Å². The Morgan fingerprint density at radius 1 is 1.56 bits per heavy atom. The Bertz CT molecular complexity index is 485. The summed E-state index contributed by atoms with van der Waals surface area (Å²) in [7, 11) is 0. The maximum absolute atomic E-state index is 11.2. The Labute approximate surface area is 111 Å². The number of carbonyl (C=O) groups is 1. The van der Waals surface area contributed by atoms with E-state index in [4.69, 9.17) is 4.74 Å². The Kier molecular flexibility index (Phi) is 5.55. The van der Waals surface area contributed by atoms with Crippen molar-refractivity contribution in [1.29, 1.82) is 0 Å². The van der Waals surface area contributed by atoms with Gasteiger partial charge in [-0.15, -0.1) is 0 Å². The zero-order valence-corrected chi connectivity index (χ0v) is 11.8. The van der Waals surface area contributed by atoms with E-state index in [9.17, 15) is 14.9 Å². The molecule has 0 saturated carbocycles. The Morgan fingerprint density at radius 2 is 2.28 bits per heavy atom. The second kappa shape index (κ2) is 6.93. The summed E-state index contributed by atoms with van der Waals surface area (Å²) in [5.41, 5.74) is 0.795. The van der Waals surface area contributed by atoms with E-state index < -0.39 is 10.9 Å². The van der Waals surface area contributed by atoms with E-state index in [1.165, 1.54) is 12.1 Å². The second-order valence-electron chi connectivity index (χ2n) is 3.24. The van der Waals surface area contributed by atoms with Gasteiger partial charge in [-0.3, -0.25) is 0 Å². The van der Waals surface area contributed by atoms with Gasteiger partial charge >= 0.3 is 111 Å². The monoisotopic (exact) mass is 315 g/mol. The van der Waals surface area contributed by atoms with E-state index in [-0.39, 0.29) is 20.6 Å². The summed E-state index contributed by atoms with van der Waals surface area (Å²) >= 11 is -0.0298. The standard InChI is InChI=1S/C12H13NO4Se/c1-3-17-11(14)8-7-9-5-4-6-10(13(15)16)12(9)18-2/h4-8H,3H2,1-2H3/b8-7+. The van der Waals surface area contributed by atoms with Crippen molar-refractivity contribution in [2.45, 2.75) is 12.7 Å². The molecule has 0 radical (unpaired) electrons. The van der Waals surface area contributed by atoms with Crippen molar-refractivity contribution in [1.82, 2.24) is 0 Å². The van der Waals surface area contributed by atoms with Crippen molar-refractivity contribution in [3.05, 3.63) is 40.0 Å². The van der Waals surface area contributed by atoms with Gasteiger partial charge in [-0.1, -0.05) is 0 Å². The molecule has 1 aromatic carbocycles. The number of rotatable bonds is 5. The van der Waals surface area contributed by atoms with Crippen molar-refractivity contribution in [3.63, 3.8) is 0 Å². The SMILES string of the molecule is CCOC(=O)/C=C/c1cccc([N+](=O)[O-])c1[Se]C. The molecular weight excluding hydrogens is 301 g/mol. The van der Waals surface area contributed by atoms with E-state index in [0.29, 0.717) is 16.6 Å². The molecule has 0 N–H and O–H groups in total. The molecule has 0 bridgehead atoms. The van der Waals surface area contributed by atoms with Crippen molar-refractivity contribution in [2.24, 2.45) is 0 Å². The van der Waals surface area contributed by atoms with Crippen LogP contribution in [0.4, 0.5) is 5.69 Å². The molecule has 0 amide bonds. The molecular formula is C12H13NO4Se. The molecule has 0 heterocycles. The van der Waals surface area contributed by atoms with Crippen LogP contribution < -0.4 is 4.46 Å². The van der Waals surface area contributed by atoms with Crippen LogP contribution in [-0.4, -0.2) is 32.5 Å². The minimum atomic E-state index is -0.446. The molecule has 0 aliphatic carbocycles. The molecule has 18 heavy (non-hydrogen) atoms. The fourth-order valence-corrected chi connectivity index (χ4v) is 2.91. The third kappa shape index (κ3) is 3.68. The van der Waals surface area contributed by atoms with Gasteiger partial charge in [0.05, 0.1) is 0 Å². The number of hydrogen-bond acceptors (Lipinski definition) is 4. The van der Waals surface area contributed by atoms with Crippen LogP contribution in [0, 0.1) is 10.1 Å². The fraction of sp³-hybridized carbons (Fsp3) is 0.250. The number of nitro benzene ring substituents is 1. The first-order valence-electron chi connectivity index (χ1n) is 5.26. The first-order chi connectivity index (χ1) is 8.60. The van der Waals surface area contributed by atoms with Gasteiger partial charge in [0, 0.05) is 0 Å². The van der Waals surface area contributed by atoms with Crippen LogP contribution in [0.15, 0.2) is 24.3 Å². The summed E-state index contributed by atoms with van der Waals surface area (Å²) in [6.07, 6.45) is 2.85. The van der Waals surface area contributed by atoms with Crippen LogP contribution in [0.5, 0.6) is 0 Å². The summed E-state index contributed by atoms with van der Waals surface area (Å²) in [6, 6.07) is 4.84. The molecule has 0 fully saturated rings. The quantitative estimate of drug-likeness (QED) is 0.272. The molecule has 0 spiro atoms. The Morgan fingerprint density at radius 3 is 2.83 bits per heavy atom. The fourth-order valence-electron chi connectivity index (χ4n) is 1.39. The third-order valence-corrected chi connectivity index (χ3v) is 3.90. The zero-order chi connectivity index (χ0) is 13.5. The molecule has 0 saturated heterocycles. The number of hydrogen-bond donors (Lipinski definition) is 0. The molecule has 0 unspecified atom stereocenters. The van der Waals surface area contributed by atoms with Crippen molar-refractivity contribution < 1.29 is 14.5 Å². The number of benzene rings is 1. The average molecular weight is 314 g/mol. The molecule has 5 nitrogen and oxygen atoms in total.